The van der Waals surface area contributed by atoms with Crippen molar-refractivity contribution < 1.29 is 14.3 Å². The van der Waals surface area contributed by atoms with Crippen LogP contribution >= 0.6 is 0 Å². The Bertz CT molecular complexity index is 710. The molecular weight excluding hydrogens is 326 g/mol. The molecule has 0 saturated carbocycles. The number of nitrogens with one attached hydrogen (secondary N) is 1. The quantitative estimate of drug-likeness (QED) is 0.736. The number of carbonyl (C=O) groups is 1. The van der Waals surface area contributed by atoms with Gasteiger partial charge in [0.1, 0.15) is 11.5 Å². The summed E-state index contributed by atoms with van der Waals surface area (Å²) in [6.07, 6.45) is 0.232. The largest absolute Gasteiger partial charge is 0.497 e. The Balaban J connectivity index is 2.05. The van der Waals surface area contributed by atoms with Crippen molar-refractivity contribution in [2.24, 2.45) is 0 Å². The summed E-state index contributed by atoms with van der Waals surface area (Å²) in [4.78, 5) is 12.6. The molecule has 0 aliphatic rings. The van der Waals surface area contributed by atoms with Gasteiger partial charge in [0.15, 0.2) is 6.10 Å². The predicted molar refractivity (Wildman–Crippen MR) is 105 cm³/mol. The van der Waals surface area contributed by atoms with E-state index in [2.05, 4.69) is 26.1 Å². The molecule has 0 bridgehead atoms. The lowest BCUT2D eigenvalue weighted by atomic mass is 10.0. The normalized spacial score (nSPS) is 13.2. The molecule has 0 aliphatic carbocycles. The number of para-hydroxylation sites is 1. The minimum absolute atomic E-state index is 0.0557. The number of methoxy groups -OCH3 is 1. The molecule has 0 unspecified atom stereocenters. The Hall–Kier alpha value is -2.49. The van der Waals surface area contributed by atoms with E-state index in [0.717, 1.165) is 29.0 Å². The van der Waals surface area contributed by atoms with Crippen LogP contribution in [0, 0.1) is 0 Å². The first-order valence-electron chi connectivity index (χ1n) is 9.16. The molecule has 0 aromatic heterocycles. The first-order chi connectivity index (χ1) is 12.5. The zero-order valence-electron chi connectivity index (χ0n) is 16.3. The lowest BCUT2D eigenvalue weighted by Gasteiger charge is -2.22. The zero-order chi connectivity index (χ0) is 19.1. The van der Waals surface area contributed by atoms with Crippen molar-refractivity contribution in [1.29, 1.82) is 0 Å². The van der Waals surface area contributed by atoms with Gasteiger partial charge >= 0.3 is 0 Å². The van der Waals surface area contributed by atoms with E-state index >= 15 is 0 Å². The highest BCUT2D eigenvalue weighted by molar-refractivity contribution is 5.81. The van der Waals surface area contributed by atoms with E-state index in [-0.39, 0.29) is 11.9 Å². The number of benzene rings is 2. The number of carbonyl (C=O) groups excluding carboxylic acids is 1. The molecule has 0 heterocycles. The summed E-state index contributed by atoms with van der Waals surface area (Å²) >= 11 is 0. The van der Waals surface area contributed by atoms with E-state index in [0.29, 0.717) is 5.92 Å². The fraction of sp³-hybridized carbons (Fsp3) is 0.409. The SMILES string of the molecule is CC[C@H](NC(=O)[C@@H](C)Oc1ccccc1C(C)C)c1ccc(OC)cc1. The molecule has 0 spiro atoms. The van der Waals surface area contributed by atoms with Gasteiger partial charge in [0.25, 0.3) is 5.91 Å². The molecule has 2 aromatic rings. The number of ether oxygens (including phenoxy) is 2. The number of amides is 1. The van der Waals surface area contributed by atoms with Gasteiger partial charge in [0, 0.05) is 0 Å². The van der Waals surface area contributed by atoms with Gasteiger partial charge in [0.05, 0.1) is 13.2 Å². The van der Waals surface area contributed by atoms with Gasteiger partial charge in [-0.3, -0.25) is 4.79 Å². The van der Waals surface area contributed by atoms with E-state index in [1.807, 2.05) is 48.5 Å². The summed E-state index contributed by atoms with van der Waals surface area (Å²) in [5, 5.41) is 3.08. The Morgan fingerprint density at radius 3 is 2.27 bits per heavy atom. The standard InChI is InChI=1S/C22H29NO3/c1-6-20(17-11-13-18(25-5)14-12-17)23-22(24)16(4)26-21-10-8-7-9-19(21)15(2)3/h7-16,20H,6H2,1-5H3,(H,23,24)/t16-,20+/m1/s1. The van der Waals surface area contributed by atoms with Gasteiger partial charge < -0.3 is 14.8 Å². The van der Waals surface area contributed by atoms with Gasteiger partial charge in [-0.15, -0.1) is 0 Å². The molecule has 1 amide bonds. The second-order valence-corrected chi connectivity index (χ2v) is 6.70. The molecular formula is C22H29NO3. The Kier molecular flexibility index (Phi) is 7.07. The number of hydrogen-bond acceptors (Lipinski definition) is 3. The molecule has 0 radical (unpaired) electrons. The summed E-state index contributed by atoms with van der Waals surface area (Å²) in [7, 11) is 1.64. The zero-order valence-corrected chi connectivity index (χ0v) is 16.3. The maximum Gasteiger partial charge on any atom is 0.261 e. The van der Waals surface area contributed by atoms with E-state index in [4.69, 9.17) is 9.47 Å². The van der Waals surface area contributed by atoms with E-state index in [1.165, 1.54) is 0 Å². The first-order valence-corrected chi connectivity index (χ1v) is 9.16. The van der Waals surface area contributed by atoms with Crippen molar-refractivity contribution in [2.45, 2.75) is 52.2 Å². The van der Waals surface area contributed by atoms with Crippen LogP contribution in [0.4, 0.5) is 0 Å². The van der Waals surface area contributed by atoms with Crippen LogP contribution < -0.4 is 14.8 Å². The highest BCUT2D eigenvalue weighted by atomic mass is 16.5. The van der Waals surface area contributed by atoms with Crippen LogP contribution in [0.5, 0.6) is 11.5 Å². The van der Waals surface area contributed by atoms with Crippen molar-refractivity contribution in [3.05, 3.63) is 59.7 Å². The molecule has 0 saturated heterocycles. The molecule has 0 aliphatic heterocycles. The van der Waals surface area contributed by atoms with Crippen molar-refractivity contribution >= 4 is 5.91 Å². The first kappa shape index (κ1) is 19.8. The second kappa shape index (κ2) is 9.27. The third-order valence-electron chi connectivity index (χ3n) is 4.46. The predicted octanol–water partition coefficient (Wildman–Crippen LogP) is 4.85. The van der Waals surface area contributed by atoms with Gasteiger partial charge in [-0.05, 0) is 48.6 Å². The minimum Gasteiger partial charge on any atom is -0.497 e. The van der Waals surface area contributed by atoms with Gasteiger partial charge in [0.2, 0.25) is 0 Å². The fourth-order valence-corrected chi connectivity index (χ4v) is 2.86. The minimum atomic E-state index is -0.567. The molecule has 0 fully saturated rings. The van der Waals surface area contributed by atoms with Crippen LogP contribution in [0.15, 0.2) is 48.5 Å². The van der Waals surface area contributed by atoms with Crippen LogP contribution in [0.25, 0.3) is 0 Å². The summed E-state index contributed by atoms with van der Waals surface area (Å²) in [5.41, 5.74) is 2.16. The number of rotatable bonds is 8. The van der Waals surface area contributed by atoms with Crippen LogP contribution in [-0.2, 0) is 4.79 Å². The van der Waals surface area contributed by atoms with Gasteiger partial charge in [-0.25, -0.2) is 0 Å². The summed E-state index contributed by atoms with van der Waals surface area (Å²) in [6.45, 7) is 8.06. The third kappa shape index (κ3) is 5.01. The maximum absolute atomic E-state index is 12.6. The van der Waals surface area contributed by atoms with Gasteiger partial charge in [-0.1, -0.05) is 51.1 Å². The average molecular weight is 355 g/mol. The third-order valence-corrected chi connectivity index (χ3v) is 4.46. The van der Waals surface area contributed by atoms with E-state index < -0.39 is 6.10 Å². The van der Waals surface area contributed by atoms with E-state index in [1.54, 1.807) is 14.0 Å². The Labute approximate surface area is 156 Å². The fourth-order valence-electron chi connectivity index (χ4n) is 2.86. The highest BCUT2D eigenvalue weighted by Crippen LogP contribution is 2.27. The average Bonchev–Trinajstić information content (AvgIpc) is 2.66. The van der Waals surface area contributed by atoms with Crippen molar-refractivity contribution in [2.75, 3.05) is 7.11 Å². The van der Waals surface area contributed by atoms with Gasteiger partial charge in [-0.2, -0.15) is 0 Å². The van der Waals surface area contributed by atoms with Crippen molar-refractivity contribution in [3.63, 3.8) is 0 Å². The lowest BCUT2D eigenvalue weighted by molar-refractivity contribution is -0.128. The Morgan fingerprint density at radius 1 is 1.04 bits per heavy atom. The summed E-state index contributed by atoms with van der Waals surface area (Å²) in [6, 6.07) is 15.6. The van der Waals surface area contributed by atoms with Crippen LogP contribution in [-0.4, -0.2) is 19.1 Å². The number of hydrogen-bond donors (Lipinski definition) is 1. The molecule has 140 valence electrons. The van der Waals surface area contributed by atoms with Crippen LogP contribution in [0.3, 0.4) is 0 Å². The molecule has 26 heavy (non-hydrogen) atoms. The molecule has 2 aromatic carbocycles. The lowest BCUT2D eigenvalue weighted by Crippen LogP contribution is -2.38. The molecule has 4 nitrogen and oxygen atoms in total. The van der Waals surface area contributed by atoms with Crippen molar-refractivity contribution in [3.8, 4) is 11.5 Å². The van der Waals surface area contributed by atoms with Crippen LogP contribution in [0.2, 0.25) is 0 Å². The second-order valence-electron chi connectivity index (χ2n) is 6.70. The van der Waals surface area contributed by atoms with Crippen LogP contribution in [0.1, 0.15) is 57.2 Å². The summed E-state index contributed by atoms with van der Waals surface area (Å²) in [5.74, 6) is 1.79. The molecule has 2 atom stereocenters. The van der Waals surface area contributed by atoms with Crippen molar-refractivity contribution in [1.82, 2.24) is 5.32 Å². The topological polar surface area (TPSA) is 47.6 Å². The Morgan fingerprint density at radius 2 is 1.69 bits per heavy atom. The monoisotopic (exact) mass is 355 g/mol. The van der Waals surface area contributed by atoms with E-state index in [9.17, 15) is 4.79 Å². The smallest absolute Gasteiger partial charge is 0.261 e. The molecule has 4 heteroatoms. The summed E-state index contributed by atoms with van der Waals surface area (Å²) < 4.78 is 11.1. The molecule has 1 N–H and O–H groups in total. The highest BCUT2D eigenvalue weighted by Gasteiger charge is 2.20. The maximum atomic E-state index is 12.6. The molecule has 2 rings (SSSR count).